The summed E-state index contributed by atoms with van der Waals surface area (Å²) in [5.74, 6) is -0.797. The Balaban J connectivity index is 2.43. The summed E-state index contributed by atoms with van der Waals surface area (Å²) in [6, 6.07) is 5.05. The highest BCUT2D eigenvalue weighted by molar-refractivity contribution is 5.85. The molecule has 15 heavy (non-hydrogen) atoms. The van der Waals surface area contributed by atoms with Crippen LogP contribution in [0.4, 0.5) is 5.69 Å². The van der Waals surface area contributed by atoms with E-state index in [9.17, 15) is 4.79 Å². The molecule has 0 spiro atoms. The number of carboxylic acid groups (broad SMARTS) is 1. The molecule has 0 bridgehead atoms. The number of aromatic nitrogens is 1. The van der Waals surface area contributed by atoms with Gasteiger partial charge in [0.05, 0.1) is 0 Å². The third kappa shape index (κ3) is 1.96. The first-order valence-corrected chi connectivity index (χ1v) is 4.22. The number of benzene rings is 1. The summed E-state index contributed by atoms with van der Waals surface area (Å²) in [5, 5.41) is 8.42. The van der Waals surface area contributed by atoms with E-state index in [0.717, 1.165) is 6.08 Å². The van der Waals surface area contributed by atoms with Gasteiger partial charge in [-0.1, -0.05) is 0 Å². The van der Waals surface area contributed by atoms with Crippen LogP contribution in [0.3, 0.4) is 0 Å². The zero-order valence-electron chi connectivity index (χ0n) is 7.68. The fraction of sp³-hybridized carbons (Fsp3) is 0. The maximum Gasteiger partial charge on any atom is 0.328 e. The Hall–Kier alpha value is -2.30. The van der Waals surface area contributed by atoms with Crippen molar-refractivity contribution in [2.24, 2.45) is 0 Å². The molecule has 0 aliphatic carbocycles. The maximum atomic E-state index is 10.3. The van der Waals surface area contributed by atoms with Crippen LogP contribution in [-0.2, 0) is 4.79 Å². The molecule has 5 heteroatoms. The second kappa shape index (κ2) is 3.45. The average Bonchev–Trinajstić information content (AvgIpc) is 2.56. The van der Waals surface area contributed by atoms with Gasteiger partial charge in [0.2, 0.25) is 5.89 Å². The number of hydrogen-bond acceptors (Lipinski definition) is 4. The third-order valence-electron chi connectivity index (χ3n) is 1.80. The second-order valence-electron chi connectivity index (χ2n) is 2.95. The lowest BCUT2D eigenvalue weighted by Gasteiger charge is -1.88. The normalized spacial score (nSPS) is 11.2. The van der Waals surface area contributed by atoms with E-state index in [4.69, 9.17) is 15.3 Å². The molecular weight excluding hydrogens is 196 g/mol. The molecule has 0 aliphatic heterocycles. The van der Waals surface area contributed by atoms with Gasteiger partial charge in [0.25, 0.3) is 0 Å². The number of nitrogens with two attached hydrogens (primary N) is 1. The molecule has 5 nitrogen and oxygen atoms in total. The van der Waals surface area contributed by atoms with Gasteiger partial charge in [-0.2, -0.15) is 0 Å². The molecule has 0 saturated carbocycles. The Morgan fingerprint density at radius 1 is 1.53 bits per heavy atom. The number of hydrogen-bond donors (Lipinski definition) is 2. The predicted octanol–water partition coefficient (Wildman–Crippen LogP) is 1.51. The van der Waals surface area contributed by atoms with E-state index in [-0.39, 0.29) is 5.89 Å². The lowest BCUT2D eigenvalue weighted by molar-refractivity contribution is -0.131. The fourth-order valence-corrected chi connectivity index (χ4v) is 1.18. The number of oxazole rings is 1. The Bertz CT molecular complexity index is 543. The van der Waals surface area contributed by atoms with Gasteiger partial charge in [-0.25, -0.2) is 9.78 Å². The van der Waals surface area contributed by atoms with E-state index in [1.165, 1.54) is 6.08 Å². The van der Waals surface area contributed by atoms with Crippen molar-refractivity contribution < 1.29 is 14.3 Å². The van der Waals surface area contributed by atoms with E-state index < -0.39 is 5.97 Å². The highest BCUT2D eigenvalue weighted by Crippen LogP contribution is 2.18. The molecule has 1 aromatic heterocycles. The molecule has 0 fully saturated rings. The summed E-state index contributed by atoms with van der Waals surface area (Å²) in [7, 11) is 0. The van der Waals surface area contributed by atoms with E-state index >= 15 is 0 Å². The van der Waals surface area contributed by atoms with Crippen LogP contribution in [0.25, 0.3) is 17.2 Å². The molecule has 0 saturated heterocycles. The SMILES string of the molecule is Nc1ccc2oc(/C=C/C(=O)O)nc2c1. The lowest BCUT2D eigenvalue weighted by Crippen LogP contribution is -1.85. The summed E-state index contributed by atoms with van der Waals surface area (Å²) in [4.78, 5) is 14.3. The van der Waals surface area contributed by atoms with Crippen LogP contribution in [0, 0.1) is 0 Å². The molecule has 1 aromatic carbocycles. The van der Waals surface area contributed by atoms with E-state index in [1.807, 2.05) is 0 Å². The molecule has 3 N–H and O–H groups in total. The standard InChI is InChI=1S/C10H8N2O3/c11-6-1-2-8-7(5-6)12-9(15-8)3-4-10(13)14/h1-5H,11H2,(H,13,14)/b4-3+. The molecule has 0 radical (unpaired) electrons. The van der Waals surface area contributed by atoms with Gasteiger partial charge in [0.15, 0.2) is 5.58 Å². The predicted molar refractivity (Wildman–Crippen MR) is 55.1 cm³/mol. The summed E-state index contributed by atoms with van der Waals surface area (Å²) in [5.41, 5.74) is 7.34. The number of nitrogen functional groups attached to an aromatic ring is 1. The van der Waals surface area contributed by atoms with Crippen molar-refractivity contribution in [3.8, 4) is 0 Å². The highest BCUT2D eigenvalue weighted by atomic mass is 16.4. The van der Waals surface area contributed by atoms with Gasteiger partial charge < -0.3 is 15.3 Å². The molecule has 0 atom stereocenters. The largest absolute Gasteiger partial charge is 0.478 e. The quantitative estimate of drug-likeness (QED) is 0.571. The zero-order chi connectivity index (χ0) is 10.8. The van der Waals surface area contributed by atoms with Gasteiger partial charge in [-0.15, -0.1) is 0 Å². The van der Waals surface area contributed by atoms with E-state index in [2.05, 4.69) is 4.98 Å². The Labute approximate surface area is 84.8 Å². The number of nitrogens with zero attached hydrogens (tertiary/aromatic N) is 1. The first-order valence-electron chi connectivity index (χ1n) is 4.22. The Kier molecular flexibility index (Phi) is 2.13. The monoisotopic (exact) mass is 204 g/mol. The molecule has 0 unspecified atom stereocenters. The second-order valence-corrected chi connectivity index (χ2v) is 2.95. The van der Waals surface area contributed by atoms with Gasteiger partial charge in [-0.05, 0) is 18.2 Å². The van der Waals surface area contributed by atoms with Crippen molar-refractivity contribution in [3.05, 3.63) is 30.2 Å². The van der Waals surface area contributed by atoms with Crippen LogP contribution in [-0.4, -0.2) is 16.1 Å². The minimum Gasteiger partial charge on any atom is -0.478 e. The molecular formula is C10H8N2O3. The summed E-state index contributed by atoms with van der Waals surface area (Å²) in [6.07, 6.45) is 2.26. The van der Waals surface area contributed by atoms with E-state index in [0.29, 0.717) is 16.8 Å². The van der Waals surface area contributed by atoms with Crippen molar-refractivity contribution in [2.75, 3.05) is 5.73 Å². The molecule has 1 heterocycles. The number of carbonyl (C=O) groups is 1. The molecule has 2 rings (SSSR count). The minimum atomic E-state index is -1.04. The number of carboxylic acids is 1. The smallest absolute Gasteiger partial charge is 0.328 e. The van der Waals surface area contributed by atoms with Gasteiger partial charge in [-0.3, -0.25) is 0 Å². The Morgan fingerprint density at radius 2 is 2.33 bits per heavy atom. The molecule has 0 amide bonds. The number of anilines is 1. The van der Waals surface area contributed by atoms with Crippen molar-refractivity contribution in [1.82, 2.24) is 4.98 Å². The number of rotatable bonds is 2. The summed E-state index contributed by atoms with van der Waals surface area (Å²) < 4.78 is 5.26. The highest BCUT2D eigenvalue weighted by Gasteiger charge is 2.03. The third-order valence-corrected chi connectivity index (χ3v) is 1.80. The maximum absolute atomic E-state index is 10.3. The van der Waals surface area contributed by atoms with Gasteiger partial charge >= 0.3 is 5.97 Å². The van der Waals surface area contributed by atoms with Crippen LogP contribution in [0.1, 0.15) is 5.89 Å². The molecule has 0 aliphatic rings. The van der Waals surface area contributed by atoms with Crippen LogP contribution >= 0.6 is 0 Å². The van der Waals surface area contributed by atoms with Crippen LogP contribution in [0.2, 0.25) is 0 Å². The van der Waals surface area contributed by atoms with E-state index in [1.54, 1.807) is 18.2 Å². The minimum absolute atomic E-state index is 0.248. The lowest BCUT2D eigenvalue weighted by atomic mass is 10.3. The van der Waals surface area contributed by atoms with Crippen LogP contribution < -0.4 is 5.73 Å². The Morgan fingerprint density at radius 3 is 3.07 bits per heavy atom. The average molecular weight is 204 g/mol. The van der Waals surface area contributed by atoms with Crippen molar-refractivity contribution in [3.63, 3.8) is 0 Å². The first kappa shape index (κ1) is 9.26. The number of fused-ring (bicyclic) bond motifs is 1. The first-order chi connectivity index (χ1) is 7.15. The zero-order valence-corrected chi connectivity index (χ0v) is 7.68. The van der Waals surface area contributed by atoms with Crippen molar-refractivity contribution in [2.45, 2.75) is 0 Å². The van der Waals surface area contributed by atoms with Crippen LogP contribution in [0.5, 0.6) is 0 Å². The summed E-state index contributed by atoms with van der Waals surface area (Å²) in [6.45, 7) is 0. The van der Waals surface area contributed by atoms with Crippen LogP contribution in [0.15, 0.2) is 28.7 Å². The molecule has 2 aromatic rings. The number of aliphatic carboxylic acids is 1. The van der Waals surface area contributed by atoms with Crippen molar-refractivity contribution in [1.29, 1.82) is 0 Å². The van der Waals surface area contributed by atoms with Crippen molar-refractivity contribution >= 4 is 28.8 Å². The fourth-order valence-electron chi connectivity index (χ4n) is 1.18. The molecule has 76 valence electrons. The van der Waals surface area contributed by atoms with Gasteiger partial charge in [0.1, 0.15) is 5.52 Å². The summed E-state index contributed by atoms with van der Waals surface area (Å²) >= 11 is 0. The van der Waals surface area contributed by atoms with Gasteiger partial charge in [0, 0.05) is 17.8 Å². The topological polar surface area (TPSA) is 89.3 Å².